The van der Waals surface area contributed by atoms with Crippen LogP contribution in [0.15, 0.2) is 16.9 Å². The van der Waals surface area contributed by atoms with Crippen LogP contribution in [0.25, 0.3) is 0 Å². The summed E-state index contributed by atoms with van der Waals surface area (Å²) in [5.74, 6) is -0.820. The molecule has 1 aliphatic rings. The highest BCUT2D eigenvalue weighted by atomic mass is 79.9. The molecule has 1 atom stereocenters. The van der Waals surface area contributed by atoms with E-state index in [-0.39, 0.29) is 0 Å². The minimum absolute atomic E-state index is 0.403. The van der Waals surface area contributed by atoms with Gasteiger partial charge in [-0.2, -0.15) is 0 Å². The van der Waals surface area contributed by atoms with Crippen molar-refractivity contribution in [3.8, 4) is 0 Å². The molecule has 2 N–H and O–H groups in total. The Kier molecular flexibility index (Phi) is 2.47. The van der Waals surface area contributed by atoms with Gasteiger partial charge in [0, 0.05) is 12.4 Å². The Bertz CT molecular complexity index is 389. The van der Waals surface area contributed by atoms with Crippen molar-refractivity contribution in [3.63, 3.8) is 0 Å². The van der Waals surface area contributed by atoms with Crippen molar-refractivity contribution in [3.05, 3.63) is 22.7 Å². The average Bonchev–Trinajstić information content (AvgIpc) is 2.99. The van der Waals surface area contributed by atoms with Crippen molar-refractivity contribution in [2.45, 2.75) is 24.4 Å². The van der Waals surface area contributed by atoms with Crippen LogP contribution in [0.5, 0.6) is 0 Å². The summed E-state index contributed by atoms with van der Waals surface area (Å²) in [6, 6.07) is 0. The van der Waals surface area contributed by atoms with Gasteiger partial charge in [0.2, 0.25) is 0 Å². The standard InChI is InChI=1S/C9H9BrN2O3/c10-5-3-11-8(12-4-5)9(1-2-9)6(13)7(14)15/h3-4,6,13H,1-2H2,(H,14,15). The SMILES string of the molecule is O=C(O)C(O)C1(c2ncc(Br)cn2)CC1. The zero-order valence-electron chi connectivity index (χ0n) is 7.72. The van der Waals surface area contributed by atoms with E-state index in [1.165, 1.54) is 0 Å². The summed E-state index contributed by atoms with van der Waals surface area (Å²) in [7, 11) is 0. The van der Waals surface area contributed by atoms with Gasteiger partial charge in [-0.3, -0.25) is 0 Å². The number of hydrogen-bond acceptors (Lipinski definition) is 4. The molecule has 1 fully saturated rings. The van der Waals surface area contributed by atoms with Gasteiger partial charge in [0.15, 0.2) is 6.10 Å². The molecule has 0 bridgehead atoms. The minimum Gasteiger partial charge on any atom is -0.479 e. The van der Waals surface area contributed by atoms with Crippen LogP contribution in [0.3, 0.4) is 0 Å². The van der Waals surface area contributed by atoms with E-state index in [1.807, 2.05) is 0 Å². The van der Waals surface area contributed by atoms with Gasteiger partial charge in [-0.05, 0) is 28.8 Å². The summed E-state index contributed by atoms with van der Waals surface area (Å²) in [6.45, 7) is 0. The Labute approximate surface area is 94.3 Å². The summed E-state index contributed by atoms with van der Waals surface area (Å²) >= 11 is 3.19. The largest absolute Gasteiger partial charge is 0.479 e. The quantitative estimate of drug-likeness (QED) is 0.847. The fourth-order valence-corrected chi connectivity index (χ4v) is 1.76. The Morgan fingerprint density at radius 1 is 1.47 bits per heavy atom. The lowest BCUT2D eigenvalue weighted by Crippen LogP contribution is -2.35. The molecule has 1 aromatic rings. The molecule has 2 rings (SSSR count). The Hall–Kier alpha value is -1.01. The third kappa shape index (κ3) is 1.74. The van der Waals surface area contributed by atoms with E-state index in [4.69, 9.17) is 5.11 Å². The van der Waals surface area contributed by atoms with Crippen LogP contribution in [0.4, 0.5) is 0 Å². The second kappa shape index (κ2) is 3.53. The van der Waals surface area contributed by atoms with Crippen LogP contribution >= 0.6 is 15.9 Å². The summed E-state index contributed by atoms with van der Waals surface area (Å²) in [5, 5.41) is 18.3. The smallest absolute Gasteiger partial charge is 0.333 e. The van der Waals surface area contributed by atoms with Gasteiger partial charge in [0.25, 0.3) is 0 Å². The number of aliphatic hydroxyl groups excluding tert-OH is 1. The minimum atomic E-state index is -1.42. The Balaban J connectivity index is 2.30. The molecule has 1 aliphatic carbocycles. The van der Waals surface area contributed by atoms with E-state index < -0.39 is 17.5 Å². The molecule has 0 saturated heterocycles. The Morgan fingerprint density at radius 2 is 2.00 bits per heavy atom. The van der Waals surface area contributed by atoms with Crippen molar-refractivity contribution in [2.75, 3.05) is 0 Å². The van der Waals surface area contributed by atoms with Crippen LogP contribution in [0.1, 0.15) is 18.7 Å². The summed E-state index contributed by atoms with van der Waals surface area (Å²) in [4.78, 5) is 18.8. The molecule has 5 nitrogen and oxygen atoms in total. The lowest BCUT2D eigenvalue weighted by Gasteiger charge is -2.16. The van der Waals surface area contributed by atoms with E-state index in [0.717, 1.165) is 4.47 Å². The molecule has 15 heavy (non-hydrogen) atoms. The zero-order chi connectivity index (χ0) is 11.1. The van der Waals surface area contributed by atoms with Crippen LogP contribution in [-0.4, -0.2) is 32.3 Å². The maximum absolute atomic E-state index is 10.7. The predicted molar refractivity (Wildman–Crippen MR) is 54.3 cm³/mol. The fourth-order valence-electron chi connectivity index (χ4n) is 1.56. The molecule has 0 amide bonds. The predicted octanol–water partition coefficient (Wildman–Crippen LogP) is 0.716. The first-order valence-corrected chi connectivity index (χ1v) is 5.24. The molecule has 80 valence electrons. The third-order valence-corrected chi connectivity index (χ3v) is 3.02. The normalized spacial score (nSPS) is 19.6. The lowest BCUT2D eigenvalue weighted by molar-refractivity contribution is -0.148. The fraction of sp³-hybridized carbons (Fsp3) is 0.444. The highest BCUT2D eigenvalue weighted by Gasteiger charge is 2.55. The van der Waals surface area contributed by atoms with Crippen LogP contribution in [-0.2, 0) is 10.2 Å². The third-order valence-electron chi connectivity index (χ3n) is 2.61. The van der Waals surface area contributed by atoms with Crippen molar-refractivity contribution in [1.82, 2.24) is 9.97 Å². The summed E-state index contributed by atoms with van der Waals surface area (Å²) < 4.78 is 0.729. The number of hydrogen-bond donors (Lipinski definition) is 2. The number of carboxylic acid groups (broad SMARTS) is 1. The molecule has 1 saturated carbocycles. The van der Waals surface area contributed by atoms with Gasteiger partial charge in [-0.15, -0.1) is 0 Å². The second-order valence-corrected chi connectivity index (χ2v) is 4.54. The number of aromatic nitrogens is 2. The number of nitrogens with zero attached hydrogens (tertiary/aromatic N) is 2. The number of aliphatic hydroxyl groups is 1. The maximum Gasteiger partial charge on any atom is 0.333 e. The molecule has 0 radical (unpaired) electrons. The zero-order valence-corrected chi connectivity index (χ0v) is 9.31. The molecule has 1 unspecified atom stereocenters. The van der Waals surface area contributed by atoms with Gasteiger partial charge in [0.1, 0.15) is 5.82 Å². The summed E-state index contributed by atoms with van der Waals surface area (Å²) in [5.41, 5.74) is -0.771. The second-order valence-electron chi connectivity index (χ2n) is 3.62. The highest BCUT2D eigenvalue weighted by Crippen LogP contribution is 2.49. The van der Waals surface area contributed by atoms with E-state index in [0.29, 0.717) is 18.7 Å². The van der Waals surface area contributed by atoms with Crippen LogP contribution in [0.2, 0.25) is 0 Å². The van der Waals surface area contributed by atoms with Gasteiger partial charge < -0.3 is 10.2 Å². The topological polar surface area (TPSA) is 83.3 Å². The number of carbonyl (C=O) groups is 1. The number of halogens is 1. The van der Waals surface area contributed by atoms with Crippen molar-refractivity contribution < 1.29 is 15.0 Å². The van der Waals surface area contributed by atoms with Gasteiger partial charge in [0.05, 0.1) is 9.89 Å². The molecule has 0 aromatic carbocycles. The van der Waals surface area contributed by atoms with E-state index in [1.54, 1.807) is 12.4 Å². The molecule has 0 aliphatic heterocycles. The van der Waals surface area contributed by atoms with Crippen LogP contribution < -0.4 is 0 Å². The monoisotopic (exact) mass is 272 g/mol. The molecular formula is C9H9BrN2O3. The first-order chi connectivity index (χ1) is 7.06. The first kappa shape index (κ1) is 10.5. The summed E-state index contributed by atoms with van der Waals surface area (Å²) in [6.07, 6.45) is 2.91. The number of rotatable bonds is 3. The molecule has 0 spiro atoms. The van der Waals surface area contributed by atoms with Crippen molar-refractivity contribution >= 4 is 21.9 Å². The van der Waals surface area contributed by atoms with E-state index >= 15 is 0 Å². The Morgan fingerprint density at radius 3 is 2.40 bits per heavy atom. The molecule has 1 heterocycles. The molecular weight excluding hydrogens is 264 g/mol. The van der Waals surface area contributed by atoms with Gasteiger partial charge >= 0.3 is 5.97 Å². The molecule has 6 heteroatoms. The first-order valence-electron chi connectivity index (χ1n) is 4.45. The van der Waals surface area contributed by atoms with Crippen molar-refractivity contribution in [1.29, 1.82) is 0 Å². The van der Waals surface area contributed by atoms with E-state index in [2.05, 4.69) is 25.9 Å². The number of carboxylic acids is 1. The van der Waals surface area contributed by atoms with Gasteiger partial charge in [-0.25, -0.2) is 14.8 Å². The lowest BCUT2D eigenvalue weighted by atomic mass is 9.98. The van der Waals surface area contributed by atoms with E-state index in [9.17, 15) is 9.90 Å². The highest BCUT2D eigenvalue weighted by molar-refractivity contribution is 9.10. The van der Waals surface area contributed by atoms with Crippen molar-refractivity contribution in [2.24, 2.45) is 0 Å². The number of aliphatic carboxylic acids is 1. The van der Waals surface area contributed by atoms with Gasteiger partial charge in [-0.1, -0.05) is 0 Å². The average molecular weight is 273 g/mol. The van der Waals surface area contributed by atoms with Crippen LogP contribution in [0, 0.1) is 0 Å². The molecule has 1 aromatic heterocycles. The maximum atomic E-state index is 10.7.